The van der Waals surface area contributed by atoms with Crippen LogP contribution < -0.4 is 0 Å². The van der Waals surface area contributed by atoms with E-state index >= 15 is 0 Å². The zero-order chi connectivity index (χ0) is 20.4. The Morgan fingerprint density at radius 2 is 1.93 bits per heavy atom. The molecule has 0 N–H and O–H groups in total. The summed E-state index contributed by atoms with van der Waals surface area (Å²) in [6.07, 6.45) is 5.76. The Hall–Kier alpha value is -2.71. The van der Waals surface area contributed by atoms with E-state index in [1.165, 1.54) is 18.3 Å². The Morgan fingerprint density at radius 3 is 2.61 bits per heavy atom. The monoisotopic (exact) mass is 416 g/mol. The molecule has 0 spiro atoms. The van der Waals surface area contributed by atoms with Crippen LogP contribution in [0.4, 0.5) is 0 Å². The molecule has 3 aromatic heterocycles. The number of aromatic nitrogens is 2. The van der Waals surface area contributed by atoms with Gasteiger partial charge in [0.05, 0.1) is 16.3 Å². The summed E-state index contributed by atoms with van der Waals surface area (Å²) in [6.45, 7) is 5.30. The van der Waals surface area contributed by atoms with Gasteiger partial charge in [-0.3, -0.25) is 4.98 Å². The third kappa shape index (κ3) is 4.58. The van der Waals surface area contributed by atoms with Crippen LogP contribution in [0.15, 0.2) is 65.1 Å². The van der Waals surface area contributed by atoms with Crippen molar-refractivity contribution >= 4 is 33.4 Å². The van der Waals surface area contributed by atoms with Crippen molar-refractivity contribution in [2.45, 2.75) is 30.6 Å². The van der Waals surface area contributed by atoms with Gasteiger partial charge in [-0.15, -0.1) is 11.3 Å². The van der Waals surface area contributed by atoms with Crippen molar-refractivity contribution in [2.24, 2.45) is 0 Å². The van der Waals surface area contributed by atoms with Crippen LogP contribution in [0, 0.1) is 0 Å². The lowest BCUT2D eigenvalue weighted by atomic mass is 10.2. The lowest BCUT2D eigenvalue weighted by molar-refractivity contribution is -0.148. The number of hydrogen-bond donors (Lipinski definition) is 0. The minimum Gasteiger partial charge on any atom is -0.457 e. The first-order valence-corrected chi connectivity index (χ1v) is 10.8. The van der Waals surface area contributed by atoms with E-state index in [4.69, 9.17) is 4.74 Å². The Morgan fingerprint density at radius 1 is 1.14 bits per heavy atom. The molecule has 0 fully saturated rings. The van der Waals surface area contributed by atoms with Gasteiger partial charge < -0.3 is 4.74 Å². The highest BCUT2D eigenvalue weighted by Crippen LogP contribution is 2.31. The summed E-state index contributed by atoms with van der Waals surface area (Å²) < 4.78 is 32.6. The van der Waals surface area contributed by atoms with Crippen molar-refractivity contribution in [1.29, 1.82) is 0 Å². The summed E-state index contributed by atoms with van der Waals surface area (Å²) in [5.74, 6) is -0.536. The predicted octanol–water partition coefficient (Wildman–Crippen LogP) is 4.20. The first-order chi connectivity index (χ1) is 13.2. The van der Waals surface area contributed by atoms with Crippen molar-refractivity contribution in [1.82, 2.24) is 8.96 Å². The molecule has 0 atom stereocenters. The van der Waals surface area contributed by atoms with Crippen LogP contribution in [0.5, 0.6) is 0 Å². The number of nitrogens with zero attached hydrogens (tertiary/aromatic N) is 2. The highest BCUT2D eigenvalue weighted by atomic mass is 32.2. The first-order valence-electron chi connectivity index (χ1n) is 8.52. The van der Waals surface area contributed by atoms with E-state index in [0.29, 0.717) is 11.4 Å². The summed E-state index contributed by atoms with van der Waals surface area (Å²) in [5.41, 5.74) is 0.457. The summed E-state index contributed by atoms with van der Waals surface area (Å²) >= 11 is 1.15. The fraction of sp³-hybridized carbons (Fsp3) is 0.200. The van der Waals surface area contributed by atoms with Gasteiger partial charge in [-0.1, -0.05) is 6.07 Å². The number of carbonyl (C=O) groups is 1. The summed E-state index contributed by atoms with van der Waals surface area (Å²) in [7, 11) is -3.79. The molecule has 0 saturated heterocycles. The minimum absolute atomic E-state index is 0.191. The fourth-order valence-electron chi connectivity index (χ4n) is 2.42. The topological polar surface area (TPSA) is 78.3 Å². The molecule has 3 aromatic rings. The Balaban J connectivity index is 1.87. The molecule has 0 saturated carbocycles. The third-order valence-electron chi connectivity index (χ3n) is 3.55. The van der Waals surface area contributed by atoms with Crippen molar-refractivity contribution in [3.8, 4) is 10.6 Å². The molecule has 0 aliphatic carbocycles. The zero-order valence-electron chi connectivity index (χ0n) is 15.7. The summed E-state index contributed by atoms with van der Waals surface area (Å²) in [4.78, 5) is 16.9. The van der Waals surface area contributed by atoms with Crippen LogP contribution in [-0.2, 0) is 19.6 Å². The number of thiophene rings is 1. The lowest BCUT2D eigenvalue weighted by Gasteiger charge is -2.17. The maximum atomic E-state index is 13.0. The quantitative estimate of drug-likeness (QED) is 0.460. The minimum atomic E-state index is -3.79. The summed E-state index contributed by atoms with van der Waals surface area (Å²) in [5, 5.41) is 0. The van der Waals surface area contributed by atoms with Gasteiger partial charge >= 0.3 is 5.97 Å². The van der Waals surface area contributed by atoms with E-state index in [0.717, 1.165) is 20.2 Å². The molecule has 28 heavy (non-hydrogen) atoms. The van der Waals surface area contributed by atoms with Gasteiger partial charge in [0.25, 0.3) is 10.0 Å². The molecule has 6 nitrogen and oxygen atoms in total. The normalized spacial score (nSPS) is 12.4. The van der Waals surface area contributed by atoms with Crippen LogP contribution in [0.1, 0.15) is 26.5 Å². The Kier molecular flexibility index (Phi) is 5.53. The van der Waals surface area contributed by atoms with Gasteiger partial charge in [0, 0.05) is 18.5 Å². The van der Waals surface area contributed by atoms with Crippen molar-refractivity contribution in [3.05, 3.63) is 66.6 Å². The maximum absolute atomic E-state index is 13.0. The highest BCUT2D eigenvalue weighted by Gasteiger charge is 2.21. The first kappa shape index (κ1) is 20.0. The molecule has 0 aliphatic rings. The van der Waals surface area contributed by atoms with Gasteiger partial charge in [-0.2, -0.15) is 8.42 Å². The van der Waals surface area contributed by atoms with E-state index in [9.17, 15) is 13.2 Å². The Bertz CT molecular complexity index is 1100. The molecule has 0 radical (unpaired) electrons. The highest BCUT2D eigenvalue weighted by molar-refractivity contribution is 7.92. The van der Waals surface area contributed by atoms with Gasteiger partial charge in [-0.25, -0.2) is 8.77 Å². The van der Waals surface area contributed by atoms with Gasteiger partial charge in [0.1, 0.15) is 9.81 Å². The zero-order valence-corrected chi connectivity index (χ0v) is 17.3. The van der Waals surface area contributed by atoms with Crippen LogP contribution in [0.3, 0.4) is 0 Å². The predicted molar refractivity (Wildman–Crippen MR) is 109 cm³/mol. The molecule has 0 aliphatic heterocycles. The van der Waals surface area contributed by atoms with Crippen LogP contribution in [-0.4, -0.2) is 28.9 Å². The SMILES string of the molecule is CC(C)(C)OC(=O)C=Cc1cccn1S(=O)(=O)c1ccc(-c2ccccn2)s1. The molecule has 3 heterocycles. The second-order valence-corrected chi connectivity index (χ2v) is 10.1. The van der Waals surface area contributed by atoms with E-state index in [-0.39, 0.29) is 4.21 Å². The second-order valence-electron chi connectivity index (χ2n) is 6.93. The molecule has 3 rings (SSSR count). The smallest absolute Gasteiger partial charge is 0.331 e. The van der Waals surface area contributed by atoms with Crippen LogP contribution >= 0.6 is 11.3 Å². The maximum Gasteiger partial charge on any atom is 0.331 e. The standard InChI is InChI=1S/C20H20N2O4S2/c1-20(2,3)26-18(23)11-9-15-7-6-14-22(15)28(24,25)19-12-10-17(27-19)16-8-4-5-13-21-16/h4-14H,1-3H3. The fourth-order valence-corrected chi connectivity index (χ4v) is 5.13. The van der Waals surface area contributed by atoms with E-state index in [2.05, 4.69) is 4.98 Å². The van der Waals surface area contributed by atoms with Gasteiger partial charge in [-0.05, 0) is 63.2 Å². The van der Waals surface area contributed by atoms with Crippen LogP contribution in [0.25, 0.3) is 16.6 Å². The third-order valence-corrected chi connectivity index (χ3v) is 6.83. The molecule has 8 heteroatoms. The van der Waals surface area contributed by atoms with Gasteiger partial charge in [0.2, 0.25) is 0 Å². The van der Waals surface area contributed by atoms with Gasteiger partial charge in [0.15, 0.2) is 0 Å². The number of hydrogen-bond acceptors (Lipinski definition) is 6. The molecule has 0 aromatic carbocycles. The molecule has 146 valence electrons. The second kappa shape index (κ2) is 7.73. The number of rotatable bonds is 5. The van der Waals surface area contributed by atoms with E-state index < -0.39 is 21.6 Å². The van der Waals surface area contributed by atoms with Crippen molar-refractivity contribution in [3.63, 3.8) is 0 Å². The molecule has 0 bridgehead atoms. The Labute approximate surface area is 168 Å². The molecular formula is C20H20N2O4S2. The van der Waals surface area contributed by atoms with Crippen molar-refractivity contribution < 1.29 is 17.9 Å². The molecular weight excluding hydrogens is 396 g/mol. The largest absolute Gasteiger partial charge is 0.457 e. The average molecular weight is 417 g/mol. The van der Waals surface area contributed by atoms with Crippen LogP contribution in [0.2, 0.25) is 0 Å². The average Bonchev–Trinajstić information content (AvgIpc) is 3.29. The van der Waals surface area contributed by atoms with E-state index in [1.807, 2.05) is 12.1 Å². The number of pyridine rings is 1. The number of carbonyl (C=O) groups excluding carboxylic acids is 1. The number of esters is 1. The lowest BCUT2D eigenvalue weighted by Crippen LogP contribution is -2.22. The number of ether oxygens (including phenoxy) is 1. The molecule has 0 amide bonds. The summed E-state index contributed by atoms with van der Waals surface area (Å²) in [6, 6.07) is 12.0. The van der Waals surface area contributed by atoms with E-state index in [1.54, 1.807) is 57.3 Å². The van der Waals surface area contributed by atoms with Crippen molar-refractivity contribution in [2.75, 3.05) is 0 Å². The molecule has 0 unspecified atom stereocenters.